The van der Waals surface area contributed by atoms with Crippen LogP contribution >= 0.6 is 0 Å². The molecule has 0 spiro atoms. The maximum Gasteiger partial charge on any atom is 0.196 e. The number of terminal acetylenes is 1. The largest absolute Gasteiger partial charge is 0.507 e. The minimum Gasteiger partial charge on any atom is -0.507 e. The Balaban J connectivity index is 0.000000164. The number of aliphatic hydroxyl groups is 1. The molecule has 0 bridgehead atoms. The number of hydrogen-bond donors (Lipinski definition) is 2. The van der Waals surface area contributed by atoms with Gasteiger partial charge < -0.3 is 23.9 Å². The van der Waals surface area contributed by atoms with E-state index in [1.54, 1.807) is 12.5 Å². The standard InChI is InChI=1S/C22H27NO2.C16H18O4/c1-4-22(24)10-8-18-16-6-5-15-11-19-14(13-23-25-19)12-20(15,2)17(16)7-9-21(18,22)3;1-9(2)5-6-11-14(19-4)8-13(18)15-12(17)7-10(3)20-16(11)15/h1,11,13,16-18,24H,5-10,12H2,2-3H3;5,7-8,18H,6H2,1-4H3. The number of ether oxygens (including phenoxy) is 1. The molecule has 0 aliphatic heterocycles. The highest BCUT2D eigenvalue weighted by Gasteiger charge is 2.63. The van der Waals surface area contributed by atoms with Crippen molar-refractivity contribution >= 4 is 17.0 Å². The van der Waals surface area contributed by atoms with Crippen LogP contribution in [0.2, 0.25) is 0 Å². The predicted molar refractivity (Wildman–Crippen MR) is 175 cm³/mol. The summed E-state index contributed by atoms with van der Waals surface area (Å²) < 4.78 is 16.4. The van der Waals surface area contributed by atoms with Gasteiger partial charge in [0.05, 0.1) is 13.3 Å². The van der Waals surface area contributed by atoms with Crippen molar-refractivity contribution in [2.75, 3.05) is 7.11 Å². The van der Waals surface area contributed by atoms with Gasteiger partial charge in [-0.1, -0.05) is 42.1 Å². The van der Waals surface area contributed by atoms with E-state index < -0.39 is 5.60 Å². The van der Waals surface area contributed by atoms with Crippen molar-refractivity contribution in [1.82, 2.24) is 5.16 Å². The lowest BCUT2D eigenvalue weighted by atomic mass is 9.46. The molecule has 6 atom stereocenters. The number of aromatic hydroxyl groups is 1. The van der Waals surface area contributed by atoms with Gasteiger partial charge in [-0.05, 0) is 101 Å². The van der Waals surface area contributed by atoms with Crippen molar-refractivity contribution < 1.29 is 23.9 Å². The van der Waals surface area contributed by atoms with Crippen molar-refractivity contribution in [3.8, 4) is 23.8 Å². The predicted octanol–water partition coefficient (Wildman–Crippen LogP) is 7.55. The van der Waals surface area contributed by atoms with Gasteiger partial charge in [0.25, 0.3) is 0 Å². The number of nitrogens with zero attached hydrogens (tertiary/aromatic N) is 1. The second kappa shape index (κ2) is 11.2. The normalized spacial score (nSPS) is 31.2. The van der Waals surface area contributed by atoms with Crippen molar-refractivity contribution in [3.63, 3.8) is 0 Å². The molecular weight excluding hydrogens is 566 g/mol. The first kappa shape index (κ1) is 31.2. The van der Waals surface area contributed by atoms with Crippen molar-refractivity contribution in [1.29, 1.82) is 0 Å². The number of aromatic nitrogens is 1. The van der Waals surface area contributed by atoms with E-state index >= 15 is 0 Å². The molecule has 3 fully saturated rings. The molecule has 4 aliphatic rings. The SMILES string of the molecule is C#CC1(O)CCC2C3CCC4=Cc5oncc5CC4(C)C3CCC21C.COc1cc(O)c2c(=O)cc(C)oc2c1CC=C(C)C. The molecule has 238 valence electrons. The molecule has 45 heavy (non-hydrogen) atoms. The van der Waals surface area contributed by atoms with Crippen molar-refractivity contribution in [2.45, 2.75) is 91.6 Å². The molecular formula is C38H45NO6. The van der Waals surface area contributed by atoms with Gasteiger partial charge in [-0.3, -0.25) is 4.79 Å². The maximum absolute atomic E-state index is 12.0. The van der Waals surface area contributed by atoms with Gasteiger partial charge in [0.1, 0.15) is 33.8 Å². The molecule has 0 amide bonds. The third kappa shape index (κ3) is 4.93. The molecule has 4 aliphatic carbocycles. The Morgan fingerprint density at radius 2 is 1.96 bits per heavy atom. The first-order chi connectivity index (χ1) is 21.3. The number of phenolic OH excluding ortho intramolecular Hbond substituents is 1. The molecule has 6 unspecified atom stereocenters. The van der Waals surface area contributed by atoms with Crippen LogP contribution in [-0.2, 0) is 12.8 Å². The van der Waals surface area contributed by atoms with Gasteiger partial charge >= 0.3 is 0 Å². The highest BCUT2D eigenvalue weighted by atomic mass is 16.5. The van der Waals surface area contributed by atoms with Gasteiger partial charge in [-0.15, -0.1) is 6.42 Å². The molecule has 0 saturated heterocycles. The Hall–Kier alpha value is -3.76. The number of benzene rings is 1. The van der Waals surface area contributed by atoms with Crippen LogP contribution in [-0.4, -0.2) is 28.1 Å². The Morgan fingerprint density at radius 3 is 2.67 bits per heavy atom. The monoisotopic (exact) mass is 611 g/mol. The fourth-order valence-corrected chi connectivity index (χ4v) is 9.28. The third-order valence-electron chi connectivity index (χ3n) is 11.8. The van der Waals surface area contributed by atoms with Crippen molar-refractivity contribution in [3.05, 3.63) is 68.4 Å². The topological polar surface area (TPSA) is 106 Å². The lowest BCUT2D eigenvalue weighted by Gasteiger charge is -2.58. The van der Waals surface area contributed by atoms with E-state index in [4.69, 9.17) is 20.1 Å². The molecule has 3 aromatic rings. The fourth-order valence-electron chi connectivity index (χ4n) is 9.28. The highest BCUT2D eigenvalue weighted by molar-refractivity contribution is 5.88. The van der Waals surface area contributed by atoms with Gasteiger partial charge in [0.15, 0.2) is 11.2 Å². The van der Waals surface area contributed by atoms with Crippen LogP contribution in [0.15, 0.2) is 49.3 Å². The lowest BCUT2D eigenvalue weighted by Crippen LogP contribution is -2.54. The highest BCUT2D eigenvalue weighted by Crippen LogP contribution is 2.67. The Morgan fingerprint density at radius 1 is 1.20 bits per heavy atom. The van der Waals surface area contributed by atoms with Gasteiger partial charge in [0, 0.05) is 28.7 Å². The van der Waals surface area contributed by atoms with Crippen LogP contribution in [0.4, 0.5) is 0 Å². The molecule has 7 heteroatoms. The Bertz CT molecular complexity index is 1800. The number of phenols is 1. The second-order valence-corrected chi connectivity index (χ2v) is 14.4. The van der Waals surface area contributed by atoms with Gasteiger partial charge in [-0.25, -0.2) is 0 Å². The average molecular weight is 612 g/mol. The van der Waals surface area contributed by atoms with Gasteiger partial charge in [0.2, 0.25) is 0 Å². The summed E-state index contributed by atoms with van der Waals surface area (Å²) in [4.78, 5) is 12.0. The van der Waals surface area contributed by atoms with E-state index in [0.717, 1.165) is 55.4 Å². The molecule has 2 aromatic heterocycles. The summed E-state index contributed by atoms with van der Waals surface area (Å²) in [6, 6.07) is 2.84. The number of aryl methyl sites for hydroxylation is 1. The van der Waals surface area contributed by atoms with Crippen LogP contribution < -0.4 is 10.2 Å². The molecule has 7 rings (SSSR count). The average Bonchev–Trinajstić information content (AvgIpc) is 3.55. The first-order valence-electron chi connectivity index (χ1n) is 16.2. The molecule has 1 aromatic carbocycles. The smallest absolute Gasteiger partial charge is 0.196 e. The minimum absolute atomic E-state index is 0.114. The summed E-state index contributed by atoms with van der Waals surface area (Å²) in [7, 11) is 1.53. The summed E-state index contributed by atoms with van der Waals surface area (Å²) in [5.74, 6) is 6.54. The second-order valence-electron chi connectivity index (χ2n) is 14.4. The van der Waals surface area contributed by atoms with Crippen molar-refractivity contribution in [2.24, 2.45) is 28.6 Å². The summed E-state index contributed by atoms with van der Waals surface area (Å²) in [5, 5.41) is 25.3. The van der Waals surface area contributed by atoms with Crippen LogP contribution in [0.25, 0.3) is 17.0 Å². The lowest BCUT2D eigenvalue weighted by molar-refractivity contribution is -0.0975. The minimum atomic E-state index is -0.909. The van der Waals surface area contributed by atoms with E-state index in [0.29, 0.717) is 41.3 Å². The summed E-state index contributed by atoms with van der Waals surface area (Å²) in [6.07, 6.45) is 20.0. The Kier molecular flexibility index (Phi) is 7.80. The number of rotatable bonds is 3. The maximum atomic E-state index is 12.0. The van der Waals surface area contributed by atoms with E-state index in [9.17, 15) is 15.0 Å². The number of methoxy groups -OCH3 is 1. The van der Waals surface area contributed by atoms with E-state index in [1.165, 1.54) is 31.2 Å². The van der Waals surface area contributed by atoms with E-state index in [1.807, 2.05) is 26.1 Å². The number of fused-ring (bicyclic) bond motifs is 7. The zero-order chi connectivity index (χ0) is 32.3. The molecule has 7 nitrogen and oxygen atoms in total. The van der Waals surface area contributed by atoms with Crippen LogP contribution in [0.3, 0.4) is 0 Å². The van der Waals surface area contributed by atoms with Crippen LogP contribution in [0.5, 0.6) is 11.5 Å². The zero-order valence-corrected chi connectivity index (χ0v) is 27.3. The summed E-state index contributed by atoms with van der Waals surface area (Å²) in [6.45, 7) is 10.4. The number of hydrogen-bond acceptors (Lipinski definition) is 7. The molecule has 0 radical (unpaired) electrons. The van der Waals surface area contributed by atoms with Crippen LogP contribution in [0.1, 0.15) is 88.9 Å². The van der Waals surface area contributed by atoms with E-state index in [2.05, 4.69) is 31.0 Å². The number of allylic oxidation sites excluding steroid dienone is 3. The summed E-state index contributed by atoms with van der Waals surface area (Å²) in [5.41, 5.74) is 4.06. The van der Waals surface area contributed by atoms with E-state index in [-0.39, 0.29) is 27.4 Å². The van der Waals surface area contributed by atoms with Gasteiger partial charge in [-0.2, -0.15) is 0 Å². The quantitative estimate of drug-likeness (QED) is 0.233. The third-order valence-corrected chi connectivity index (χ3v) is 11.8. The molecule has 2 heterocycles. The molecule has 2 N–H and O–H groups in total. The Labute approximate surface area is 265 Å². The van der Waals surface area contributed by atoms with Crippen LogP contribution in [0, 0.1) is 47.9 Å². The summed E-state index contributed by atoms with van der Waals surface area (Å²) >= 11 is 0. The molecule has 3 saturated carbocycles. The first-order valence-corrected chi connectivity index (χ1v) is 16.2. The fraction of sp³-hybridized carbons (Fsp3) is 0.526. The zero-order valence-electron chi connectivity index (χ0n) is 27.3.